The molecule has 1 aromatic carbocycles. The first-order valence-corrected chi connectivity index (χ1v) is 9.39. The summed E-state index contributed by atoms with van der Waals surface area (Å²) in [5.41, 5.74) is 1.26. The van der Waals surface area contributed by atoms with Crippen LogP contribution in [0.4, 0.5) is 4.39 Å². The Labute approximate surface area is 164 Å². The van der Waals surface area contributed by atoms with E-state index in [1.54, 1.807) is 13.1 Å². The number of nitrogens with one attached hydrogen (secondary N) is 1. The summed E-state index contributed by atoms with van der Waals surface area (Å²) in [6, 6.07) is 3.21. The van der Waals surface area contributed by atoms with Crippen LogP contribution in [0, 0.1) is 5.82 Å². The Kier molecular flexibility index (Phi) is 6.20. The first-order chi connectivity index (χ1) is 13.0. The van der Waals surface area contributed by atoms with Crippen molar-refractivity contribution in [2.75, 3.05) is 20.3 Å². The van der Waals surface area contributed by atoms with E-state index in [0.29, 0.717) is 22.1 Å². The maximum absolute atomic E-state index is 13.5. The van der Waals surface area contributed by atoms with Crippen LogP contribution >= 0.6 is 22.9 Å². The van der Waals surface area contributed by atoms with Gasteiger partial charge in [0.05, 0.1) is 24.5 Å². The maximum atomic E-state index is 13.5. The summed E-state index contributed by atoms with van der Waals surface area (Å²) in [6.07, 6.45) is 1.66. The minimum Gasteiger partial charge on any atom is -0.463 e. The van der Waals surface area contributed by atoms with Crippen molar-refractivity contribution < 1.29 is 18.7 Å². The van der Waals surface area contributed by atoms with Crippen molar-refractivity contribution in [3.63, 3.8) is 0 Å². The summed E-state index contributed by atoms with van der Waals surface area (Å²) in [5, 5.41) is 5.75. The number of nitrogens with zero attached hydrogens (tertiary/aromatic N) is 2. The number of aromatic nitrogens is 1. The van der Waals surface area contributed by atoms with Crippen molar-refractivity contribution in [2.45, 2.75) is 13.0 Å². The van der Waals surface area contributed by atoms with Gasteiger partial charge in [0.25, 0.3) is 0 Å². The van der Waals surface area contributed by atoms with Crippen molar-refractivity contribution in [1.82, 2.24) is 10.3 Å². The van der Waals surface area contributed by atoms with Gasteiger partial charge in [-0.1, -0.05) is 17.7 Å². The van der Waals surface area contributed by atoms with E-state index < -0.39 is 17.8 Å². The fourth-order valence-corrected chi connectivity index (χ4v) is 3.56. The van der Waals surface area contributed by atoms with Crippen LogP contribution in [0.3, 0.4) is 0 Å². The highest BCUT2D eigenvalue weighted by atomic mass is 35.5. The Morgan fingerprint density at radius 2 is 2.26 bits per heavy atom. The molecule has 0 saturated carbocycles. The zero-order chi connectivity index (χ0) is 19.4. The Balaban J connectivity index is 2.16. The lowest BCUT2D eigenvalue weighted by molar-refractivity contribution is -0.139. The molecule has 1 aliphatic rings. The molecule has 1 atom stereocenters. The van der Waals surface area contributed by atoms with E-state index in [9.17, 15) is 9.18 Å². The standard InChI is InChI=1S/C18H17ClFN3O3S/c1-3-26-18(24)14-13(9-25-2)22-16(17-21-6-7-27-17)23-15(14)11-5-4-10(20)8-12(11)19/h4-8,15H,3,9H2,1-2H3,(H,22,23). The Morgan fingerprint density at radius 3 is 2.89 bits per heavy atom. The number of aliphatic imine (C=N–C) groups is 1. The second-order valence-corrected chi connectivity index (χ2v) is 6.86. The highest BCUT2D eigenvalue weighted by molar-refractivity contribution is 7.11. The molecule has 0 saturated heterocycles. The average Bonchev–Trinajstić information content (AvgIpc) is 3.16. The molecule has 1 unspecified atom stereocenters. The lowest BCUT2D eigenvalue weighted by atomic mass is 9.95. The predicted molar refractivity (Wildman–Crippen MR) is 101 cm³/mol. The van der Waals surface area contributed by atoms with Crippen LogP contribution in [0.15, 0.2) is 46.0 Å². The second-order valence-electron chi connectivity index (χ2n) is 5.55. The quantitative estimate of drug-likeness (QED) is 0.739. The van der Waals surface area contributed by atoms with Crippen molar-refractivity contribution in [3.8, 4) is 0 Å². The number of methoxy groups -OCH3 is 1. The summed E-state index contributed by atoms with van der Waals surface area (Å²) in [5.74, 6) is -0.527. The molecule has 0 bridgehead atoms. The Hall–Kier alpha value is -2.29. The molecule has 0 radical (unpaired) electrons. The van der Waals surface area contributed by atoms with E-state index in [1.807, 2.05) is 5.38 Å². The molecule has 3 rings (SSSR count). The third-order valence-corrected chi connectivity index (χ3v) is 4.91. The van der Waals surface area contributed by atoms with Crippen LogP contribution in [-0.2, 0) is 14.3 Å². The van der Waals surface area contributed by atoms with Gasteiger partial charge in [0, 0.05) is 29.3 Å². The Morgan fingerprint density at radius 1 is 1.44 bits per heavy atom. The van der Waals surface area contributed by atoms with Gasteiger partial charge in [-0.15, -0.1) is 11.3 Å². The molecule has 2 aromatic rings. The SMILES string of the molecule is CCOC(=O)C1=C(COC)NC(c2nccs2)=NC1c1ccc(F)cc1Cl. The molecule has 6 nitrogen and oxygen atoms in total. The lowest BCUT2D eigenvalue weighted by Gasteiger charge is -2.27. The van der Waals surface area contributed by atoms with Crippen LogP contribution in [0.2, 0.25) is 5.02 Å². The molecule has 142 valence electrons. The van der Waals surface area contributed by atoms with Crippen LogP contribution < -0.4 is 5.32 Å². The molecular formula is C18H17ClFN3O3S. The largest absolute Gasteiger partial charge is 0.463 e. The minimum atomic E-state index is -0.776. The molecular weight excluding hydrogens is 393 g/mol. The number of hydrogen-bond donors (Lipinski definition) is 1. The molecule has 0 spiro atoms. The van der Waals surface area contributed by atoms with Crippen molar-refractivity contribution in [2.24, 2.45) is 4.99 Å². The van der Waals surface area contributed by atoms with Gasteiger partial charge >= 0.3 is 5.97 Å². The van der Waals surface area contributed by atoms with E-state index in [1.165, 1.54) is 36.6 Å². The molecule has 27 heavy (non-hydrogen) atoms. The third kappa shape index (κ3) is 4.18. The molecule has 1 aromatic heterocycles. The van der Waals surface area contributed by atoms with Gasteiger partial charge in [-0.2, -0.15) is 0 Å². The number of rotatable bonds is 6. The minimum absolute atomic E-state index is 0.133. The van der Waals surface area contributed by atoms with E-state index in [4.69, 9.17) is 21.1 Å². The summed E-state index contributed by atoms with van der Waals surface area (Å²) >= 11 is 7.66. The topological polar surface area (TPSA) is 72.8 Å². The van der Waals surface area contributed by atoms with Gasteiger partial charge in [-0.05, 0) is 19.1 Å². The molecule has 9 heteroatoms. The number of carbonyl (C=O) groups is 1. The average molecular weight is 410 g/mol. The zero-order valence-corrected chi connectivity index (χ0v) is 16.2. The van der Waals surface area contributed by atoms with Gasteiger partial charge in [0.2, 0.25) is 0 Å². The summed E-state index contributed by atoms with van der Waals surface area (Å²) in [7, 11) is 1.52. The maximum Gasteiger partial charge on any atom is 0.338 e. The van der Waals surface area contributed by atoms with Gasteiger partial charge < -0.3 is 14.8 Å². The molecule has 0 aliphatic carbocycles. The fourth-order valence-electron chi connectivity index (χ4n) is 2.70. The molecule has 1 aliphatic heterocycles. The number of hydrogen-bond acceptors (Lipinski definition) is 7. The van der Waals surface area contributed by atoms with Crippen LogP contribution in [0.5, 0.6) is 0 Å². The smallest absolute Gasteiger partial charge is 0.338 e. The van der Waals surface area contributed by atoms with Gasteiger partial charge in [0.1, 0.15) is 11.9 Å². The first-order valence-electron chi connectivity index (χ1n) is 8.13. The van der Waals surface area contributed by atoms with Gasteiger partial charge in [-0.25, -0.2) is 14.2 Å². The van der Waals surface area contributed by atoms with E-state index in [-0.39, 0.29) is 23.8 Å². The van der Waals surface area contributed by atoms with Crippen molar-refractivity contribution >= 4 is 34.7 Å². The number of carbonyl (C=O) groups excluding carboxylic acids is 1. The summed E-state index contributed by atoms with van der Waals surface area (Å²) in [6.45, 7) is 2.05. The van der Waals surface area contributed by atoms with E-state index >= 15 is 0 Å². The summed E-state index contributed by atoms with van der Waals surface area (Å²) < 4.78 is 24.0. The molecule has 2 heterocycles. The zero-order valence-electron chi connectivity index (χ0n) is 14.7. The fraction of sp³-hybridized carbons (Fsp3) is 0.278. The predicted octanol–water partition coefficient (Wildman–Crippen LogP) is 3.49. The highest BCUT2D eigenvalue weighted by Gasteiger charge is 2.33. The second kappa shape index (κ2) is 8.60. The van der Waals surface area contributed by atoms with E-state index in [2.05, 4.69) is 15.3 Å². The van der Waals surface area contributed by atoms with Gasteiger partial charge in [0.15, 0.2) is 10.8 Å². The number of esters is 1. The van der Waals surface area contributed by atoms with E-state index in [0.717, 1.165) is 0 Å². The van der Waals surface area contributed by atoms with Gasteiger partial charge in [-0.3, -0.25) is 4.99 Å². The number of ether oxygens (including phenoxy) is 2. The molecule has 0 amide bonds. The van der Waals surface area contributed by atoms with Crippen LogP contribution in [0.25, 0.3) is 0 Å². The first kappa shape index (κ1) is 19.5. The Bertz CT molecular complexity index is 899. The van der Waals surface area contributed by atoms with Crippen molar-refractivity contribution in [1.29, 1.82) is 0 Å². The molecule has 1 N–H and O–H groups in total. The lowest BCUT2D eigenvalue weighted by Crippen LogP contribution is -2.35. The monoisotopic (exact) mass is 409 g/mol. The third-order valence-electron chi connectivity index (χ3n) is 3.80. The molecule has 0 fully saturated rings. The number of benzene rings is 1. The number of thiazole rings is 1. The normalized spacial score (nSPS) is 16.7. The number of halogens is 2. The highest BCUT2D eigenvalue weighted by Crippen LogP contribution is 2.36. The van der Waals surface area contributed by atoms with Crippen molar-refractivity contribution in [3.05, 3.63) is 62.5 Å². The van der Waals surface area contributed by atoms with Crippen LogP contribution in [-0.4, -0.2) is 37.1 Å². The summed E-state index contributed by atoms with van der Waals surface area (Å²) in [4.78, 5) is 21.6. The number of amidine groups is 1. The van der Waals surface area contributed by atoms with Crippen LogP contribution in [0.1, 0.15) is 23.5 Å².